The fourth-order valence-electron chi connectivity index (χ4n) is 2.65. The third kappa shape index (κ3) is 7.78. The maximum absolute atomic E-state index is 12.1. The summed E-state index contributed by atoms with van der Waals surface area (Å²) in [6.07, 6.45) is 4.06. The molecule has 154 valence electrons. The second-order valence-electron chi connectivity index (χ2n) is 6.45. The second-order valence-corrected chi connectivity index (χ2v) is 6.45. The van der Waals surface area contributed by atoms with Gasteiger partial charge in [0.25, 0.3) is 5.91 Å². The smallest absolute Gasteiger partial charge is 0.338 e. The molecule has 0 saturated carbocycles. The monoisotopic (exact) mass is 396 g/mol. The number of hydrogen-bond donors (Lipinski definition) is 1. The Hall–Kier alpha value is -3.15. The highest BCUT2D eigenvalue weighted by atomic mass is 16.5. The zero-order valence-corrected chi connectivity index (χ0v) is 17.0. The molecule has 6 heteroatoms. The molecule has 2 aromatic carbocycles. The van der Waals surface area contributed by atoms with Crippen LogP contribution in [0.3, 0.4) is 0 Å². The van der Waals surface area contributed by atoms with E-state index in [0.29, 0.717) is 17.9 Å². The third-order valence-electron chi connectivity index (χ3n) is 4.18. The first-order valence-corrected chi connectivity index (χ1v) is 9.94. The van der Waals surface area contributed by atoms with Crippen LogP contribution in [0.5, 0.6) is 5.75 Å². The lowest BCUT2D eigenvalue weighted by atomic mass is 10.0. The fraction of sp³-hybridized carbons (Fsp3) is 0.348. The SMILES string of the molecule is CCCCC/C(=N\NC(=O)COc1ccc(C(=O)OCC)cc1)c1ccccc1. The van der Waals surface area contributed by atoms with E-state index in [2.05, 4.69) is 17.5 Å². The van der Waals surface area contributed by atoms with Gasteiger partial charge in [-0.1, -0.05) is 50.1 Å². The average molecular weight is 396 g/mol. The van der Waals surface area contributed by atoms with Crippen molar-refractivity contribution in [3.63, 3.8) is 0 Å². The van der Waals surface area contributed by atoms with Gasteiger partial charge in [0, 0.05) is 0 Å². The molecule has 0 aliphatic carbocycles. The van der Waals surface area contributed by atoms with Crippen LogP contribution in [-0.2, 0) is 9.53 Å². The van der Waals surface area contributed by atoms with E-state index >= 15 is 0 Å². The summed E-state index contributed by atoms with van der Waals surface area (Å²) in [5.41, 5.74) is 4.86. The maximum Gasteiger partial charge on any atom is 0.338 e. The Labute approximate surface area is 171 Å². The van der Waals surface area contributed by atoms with Gasteiger partial charge in [0.1, 0.15) is 5.75 Å². The van der Waals surface area contributed by atoms with Gasteiger partial charge < -0.3 is 9.47 Å². The van der Waals surface area contributed by atoms with Crippen molar-refractivity contribution in [1.29, 1.82) is 0 Å². The van der Waals surface area contributed by atoms with Crippen LogP contribution in [0.25, 0.3) is 0 Å². The van der Waals surface area contributed by atoms with E-state index in [1.807, 2.05) is 30.3 Å². The highest BCUT2D eigenvalue weighted by Gasteiger charge is 2.08. The Morgan fingerprint density at radius 1 is 0.931 bits per heavy atom. The van der Waals surface area contributed by atoms with Crippen molar-refractivity contribution in [2.45, 2.75) is 39.5 Å². The predicted molar refractivity (Wildman–Crippen MR) is 113 cm³/mol. The topological polar surface area (TPSA) is 77.0 Å². The largest absolute Gasteiger partial charge is 0.484 e. The van der Waals surface area contributed by atoms with Crippen LogP contribution in [0.4, 0.5) is 0 Å². The number of nitrogens with zero attached hydrogens (tertiary/aromatic N) is 1. The average Bonchev–Trinajstić information content (AvgIpc) is 2.76. The molecular weight excluding hydrogens is 368 g/mol. The van der Waals surface area contributed by atoms with Gasteiger partial charge >= 0.3 is 5.97 Å². The van der Waals surface area contributed by atoms with Crippen molar-refractivity contribution in [2.75, 3.05) is 13.2 Å². The van der Waals surface area contributed by atoms with Gasteiger partial charge in [-0.2, -0.15) is 5.10 Å². The summed E-state index contributed by atoms with van der Waals surface area (Å²) < 4.78 is 10.4. The summed E-state index contributed by atoms with van der Waals surface area (Å²) >= 11 is 0. The summed E-state index contributed by atoms with van der Waals surface area (Å²) in [7, 11) is 0. The lowest BCUT2D eigenvalue weighted by Crippen LogP contribution is -2.26. The van der Waals surface area contributed by atoms with E-state index in [-0.39, 0.29) is 18.5 Å². The number of carbonyl (C=O) groups excluding carboxylic acids is 2. The summed E-state index contributed by atoms with van der Waals surface area (Å²) in [6.45, 7) is 4.06. The van der Waals surface area contributed by atoms with Crippen LogP contribution in [-0.4, -0.2) is 30.8 Å². The van der Waals surface area contributed by atoms with E-state index in [1.54, 1.807) is 31.2 Å². The van der Waals surface area contributed by atoms with Crippen LogP contribution < -0.4 is 10.2 Å². The van der Waals surface area contributed by atoms with Crippen molar-refractivity contribution in [1.82, 2.24) is 5.43 Å². The highest BCUT2D eigenvalue weighted by Crippen LogP contribution is 2.13. The minimum Gasteiger partial charge on any atom is -0.484 e. The Morgan fingerprint density at radius 2 is 1.66 bits per heavy atom. The molecule has 1 N–H and O–H groups in total. The van der Waals surface area contributed by atoms with Crippen LogP contribution in [0, 0.1) is 0 Å². The van der Waals surface area contributed by atoms with Gasteiger partial charge in [-0.15, -0.1) is 0 Å². The highest BCUT2D eigenvalue weighted by molar-refractivity contribution is 6.01. The summed E-state index contributed by atoms with van der Waals surface area (Å²) in [5, 5.41) is 4.31. The molecular formula is C23H28N2O4. The molecule has 0 radical (unpaired) electrons. The fourth-order valence-corrected chi connectivity index (χ4v) is 2.65. The number of nitrogens with one attached hydrogen (secondary N) is 1. The molecule has 1 amide bonds. The van der Waals surface area contributed by atoms with E-state index in [1.165, 1.54) is 0 Å². The molecule has 29 heavy (non-hydrogen) atoms. The van der Waals surface area contributed by atoms with E-state index in [9.17, 15) is 9.59 Å². The van der Waals surface area contributed by atoms with Crippen molar-refractivity contribution < 1.29 is 19.1 Å². The van der Waals surface area contributed by atoms with E-state index < -0.39 is 0 Å². The molecule has 0 spiro atoms. The van der Waals surface area contributed by atoms with Crippen molar-refractivity contribution in [3.05, 3.63) is 65.7 Å². The van der Waals surface area contributed by atoms with E-state index in [4.69, 9.17) is 9.47 Å². The molecule has 2 aromatic rings. The Morgan fingerprint density at radius 3 is 2.31 bits per heavy atom. The van der Waals surface area contributed by atoms with Crippen LogP contribution >= 0.6 is 0 Å². The summed E-state index contributed by atoms with van der Waals surface area (Å²) in [5.74, 6) is -0.241. The zero-order valence-electron chi connectivity index (χ0n) is 17.0. The molecule has 0 bridgehead atoms. The first-order chi connectivity index (χ1) is 14.1. The summed E-state index contributed by atoms with van der Waals surface area (Å²) in [4.78, 5) is 23.8. The zero-order chi connectivity index (χ0) is 20.9. The number of unbranched alkanes of at least 4 members (excludes halogenated alkanes) is 2. The molecule has 0 aromatic heterocycles. The number of rotatable bonds is 11. The number of hydrogen-bond acceptors (Lipinski definition) is 5. The number of esters is 1. The van der Waals surface area contributed by atoms with Crippen LogP contribution in [0.2, 0.25) is 0 Å². The molecule has 6 nitrogen and oxygen atoms in total. The van der Waals surface area contributed by atoms with Gasteiger partial charge in [0.15, 0.2) is 6.61 Å². The van der Waals surface area contributed by atoms with Gasteiger partial charge in [0.2, 0.25) is 0 Å². The van der Waals surface area contributed by atoms with Crippen molar-refractivity contribution in [3.8, 4) is 5.75 Å². The summed E-state index contributed by atoms with van der Waals surface area (Å²) in [6, 6.07) is 16.3. The first kappa shape index (κ1) is 22.1. The van der Waals surface area contributed by atoms with Gasteiger partial charge in [-0.05, 0) is 49.6 Å². The van der Waals surface area contributed by atoms with Crippen molar-refractivity contribution >= 4 is 17.6 Å². The quantitative estimate of drug-likeness (QED) is 0.265. The Balaban J connectivity index is 1.89. The lowest BCUT2D eigenvalue weighted by Gasteiger charge is -2.09. The molecule has 0 fully saturated rings. The Bertz CT molecular complexity index is 801. The lowest BCUT2D eigenvalue weighted by molar-refractivity contribution is -0.123. The van der Waals surface area contributed by atoms with Crippen molar-refractivity contribution in [2.24, 2.45) is 5.10 Å². The molecule has 0 atom stereocenters. The molecule has 0 aliphatic rings. The number of amides is 1. The van der Waals surface area contributed by atoms with E-state index in [0.717, 1.165) is 37.0 Å². The van der Waals surface area contributed by atoms with Crippen LogP contribution in [0.1, 0.15) is 55.5 Å². The second kappa shape index (κ2) is 12.3. The Kier molecular flexibility index (Phi) is 9.42. The molecule has 0 aliphatic heterocycles. The third-order valence-corrected chi connectivity index (χ3v) is 4.18. The number of ether oxygens (including phenoxy) is 2. The minimum atomic E-state index is -0.386. The first-order valence-electron chi connectivity index (χ1n) is 9.94. The molecule has 0 saturated heterocycles. The number of carbonyl (C=O) groups is 2. The predicted octanol–water partition coefficient (Wildman–Crippen LogP) is 4.34. The van der Waals surface area contributed by atoms with Crippen LogP contribution in [0.15, 0.2) is 59.7 Å². The standard InChI is InChI=1S/C23H28N2O4/c1-3-5-7-12-21(18-10-8-6-9-11-18)24-25-22(26)17-29-20-15-13-19(14-16-20)23(27)28-4-2/h6,8-11,13-16H,3-5,7,12,17H2,1-2H3,(H,25,26)/b24-21+. The maximum atomic E-state index is 12.1. The van der Waals surface area contributed by atoms with Gasteiger partial charge in [-0.3, -0.25) is 4.79 Å². The van der Waals surface area contributed by atoms with Gasteiger partial charge in [0.05, 0.1) is 17.9 Å². The van der Waals surface area contributed by atoms with Gasteiger partial charge in [-0.25, -0.2) is 10.2 Å². The molecule has 0 heterocycles. The molecule has 0 unspecified atom stereocenters. The normalized spacial score (nSPS) is 11.0. The molecule has 2 rings (SSSR count). The number of hydrazone groups is 1. The minimum absolute atomic E-state index is 0.167. The number of benzene rings is 2.